The molecule has 3 aromatic rings. The van der Waals surface area contributed by atoms with Crippen LogP contribution in [0.15, 0.2) is 41.1 Å². The number of pyridine rings is 1. The number of amides is 1. The molecule has 1 saturated heterocycles. The van der Waals surface area contributed by atoms with Crippen LogP contribution in [0.25, 0.3) is 11.1 Å². The second-order valence-corrected chi connectivity index (χ2v) is 7.43. The van der Waals surface area contributed by atoms with Gasteiger partial charge in [-0.2, -0.15) is 0 Å². The molecule has 1 aromatic carbocycles. The van der Waals surface area contributed by atoms with E-state index >= 15 is 0 Å². The number of piperidine rings is 1. The Morgan fingerprint density at radius 2 is 2.00 bits per heavy atom. The Morgan fingerprint density at radius 1 is 1.23 bits per heavy atom. The van der Waals surface area contributed by atoms with Gasteiger partial charge in [0.25, 0.3) is 5.91 Å². The molecule has 0 saturated carbocycles. The fraction of sp³-hybridized carbons (Fsp3) is 0.318. The van der Waals surface area contributed by atoms with Crippen LogP contribution in [0.3, 0.4) is 0 Å². The van der Waals surface area contributed by atoms with Crippen molar-refractivity contribution in [3.8, 4) is 17.0 Å². The summed E-state index contributed by atoms with van der Waals surface area (Å²) in [6.45, 7) is 4.78. The molecule has 1 aliphatic heterocycles. The maximum atomic E-state index is 13.5. The normalized spacial score (nSPS) is 14.7. The number of carbonyl (C=O) groups excluding carboxylic acids is 1. The molecule has 1 aliphatic rings. The number of nitrogens with two attached hydrogens (primary N) is 1. The Hall–Kier alpha value is -3.42. The largest absolute Gasteiger partial charge is 0.474 e. The summed E-state index contributed by atoms with van der Waals surface area (Å²) in [5.41, 5.74) is 9.00. The van der Waals surface area contributed by atoms with Gasteiger partial charge in [0.15, 0.2) is 0 Å². The highest BCUT2D eigenvalue weighted by molar-refractivity contribution is 5.99. The van der Waals surface area contributed by atoms with Crippen molar-refractivity contribution in [2.24, 2.45) is 0 Å². The number of hydrogen-bond donors (Lipinski definition) is 1. The minimum Gasteiger partial charge on any atom is -0.474 e. The van der Waals surface area contributed by atoms with Crippen LogP contribution in [0.2, 0.25) is 0 Å². The quantitative estimate of drug-likeness (QED) is 0.658. The number of hydrogen-bond acceptors (Lipinski definition) is 6. The van der Waals surface area contributed by atoms with Gasteiger partial charge in [0.1, 0.15) is 17.7 Å². The third-order valence-electron chi connectivity index (χ3n) is 5.32. The molecule has 0 atom stereocenters. The summed E-state index contributed by atoms with van der Waals surface area (Å²) in [6, 6.07) is 7.60. The number of carbonyl (C=O) groups is 1. The Bertz CT molecular complexity index is 1040. The molecular weight excluding hydrogens is 387 g/mol. The Balaban J connectivity index is 1.36. The van der Waals surface area contributed by atoms with Crippen molar-refractivity contribution in [2.45, 2.75) is 32.8 Å². The highest BCUT2D eigenvalue weighted by atomic mass is 19.1. The van der Waals surface area contributed by atoms with Gasteiger partial charge in [0.2, 0.25) is 5.88 Å². The first-order valence-electron chi connectivity index (χ1n) is 9.82. The maximum Gasteiger partial charge on any atom is 0.256 e. The molecule has 7 nitrogen and oxygen atoms in total. The van der Waals surface area contributed by atoms with Gasteiger partial charge in [-0.05, 0) is 38.1 Å². The summed E-state index contributed by atoms with van der Waals surface area (Å²) in [5.74, 6) is 0.549. The number of halogens is 1. The summed E-state index contributed by atoms with van der Waals surface area (Å²) in [7, 11) is 0. The highest BCUT2D eigenvalue weighted by Crippen LogP contribution is 2.28. The van der Waals surface area contributed by atoms with Gasteiger partial charge in [-0.3, -0.25) is 4.79 Å². The summed E-state index contributed by atoms with van der Waals surface area (Å²) in [5, 5.41) is 3.97. The summed E-state index contributed by atoms with van der Waals surface area (Å²) in [4.78, 5) is 18.7. The van der Waals surface area contributed by atoms with E-state index in [2.05, 4.69) is 10.1 Å². The predicted molar refractivity (Wildman–Crippen MR) is 110 cm³/mol. The van der Waals surface area contributed by atoms with E-state index in [9.17, 15) is 9.18 Å². The van der Waals surface area contributed by atoms with Gasteiger partial charge in [-0.25, -0.2) is 9.37 Å². The second kappa shape index (κ2) is 8.14. The van der Waals surface area contributed by atoms with E-state index in [0.29, 0.717) is 31.8 Å². The zero-order valence-electron chi connectivity index (χ0n) is 16.9. The molecule has 2 N–H and O–H groups in total. The molecule has 156 valence electrons. The molecule has 4 rings (SSSR count). The van der Waals surface area contributed by atoms with Crippen molar-refractivity contribution in [2.75, 3.05) is 18.8 Å². The third-order valence-corrected chi connectivity index (χ3v) is 5.32. The van der Waals surface area contributed by atoms with Gasteiger partial charge in [0.05, 0.1) is 11.3 Å². The van der Waals surface area contributed by atoms with E-state index in [0.717, 1.165) is 22.6 Å². The summed E-state index contributed by atoms with van der Waals surface area (Å²) >= 11 is 0. The molecule has 3 heterocycles. The van der Waals surface area contributed by atoms with Gasteiger partial charge in [-0.15, -0.1) is 0 Å². The average Bonchev–Trinajstić information content (AvgIpc) is 3.08. The zero-order valence-corrected chi connectivity index (χ0v) is 16.9. The fourth-order valence-electron chi connectivity index (χ4n) is 3.72. The minimum absolute atomic E-state index is 0.0451. The van der Waals surface area contributed by atoms with E-state index in [1.165, 1.54) is 18.2 Å². The van der Waals surface area contributed by atoms with Crippen molar-refractivity contribution >= 4 is 11.6 Å². The number of rotatable bonds is 4. The smallest absolute Gasteiger partial charge is 0.256 e. The third kappa shape index (κ3) is 3.98. The number of nitrogens with zero attached hydrogens (tertiary/aromatic N) is 3. The van der Waals surface area contributed by atoms with E-state index < -0.39 is 5.82 Å². The topological polar surface area (TPSA) is 94.5 Å². The number of aryl methyl sites for hydroxylation is 2. The fourth-order valence-corrected chi connectivity index (χ4v) is 3.72. The monoisotopic (exact) mass is 410 g/mol. The van der Waals surface area contributed by atoms with Crippen LogP contribution < -0.4 is 10.5 Å². The van der Waals surface area contributed by atoms with Crippen LogP contribution in [0.5, 0.6) is 5.88 Å². The standard InChI is InChI=1S/C22H23FN4O3/c1-13-21(14(2)30-26-13)15-3-6-20(25-12-15)29-17-7-9-27(10-8-17)22(28)18-11-16(23)4-5-19(18)24/h3-6,11-12,17H,7-10,24H2,1-2H3. The molecule has 0 bridgehead atoms. The molecule has 8 heteroatoms. The zero-order chi connectivity index (χ0) is 21.3. The lowest BCUT2D eigenvalue weighted by atomic mass is 10.1. The number of likely N-dealkylation sites (tertiary alicyclic amines) is 1. The van der Waals surface area contributed by atoms with Crippen LogP contribution in [-0.2, 0) is 0 Å². The van der Waals surface area contributed by atoms with Crippen molar-refractivity contribution in [1.82, 2.24) is 15.0 Å². The lowest BCUT2D eigenvalue weighted by Gasteiger charge is -2.32. The van der Waals surface area contributed by atoms with Gasteiger partial charge in [0, 0.05) is 55.0 Å². The minimum atomic E-state index is -0.475. The Labute approximate surface area is 173 Å². The Morgan fingerprint density at radius 3 is 2.63 bits per heavy atom. The van der Waals surface area contributed by atoms with Gasteiger partial charge < -0.3 is 19.9 Å². The van der Waals surface area contributed by atoms with Crippen LogP contribution in [-0.4, -0.2) is 40.1 Å². The first-order chi connectivity index (χ1) is 14.4. The van der Waals surface area contributed by atoms with Crippen molar-refractivity contribution in [1.29, 1.82) is 0 Å². The van der Waals surface area contributed by atoms with Gasteiger partial charge >= 0.3 is 0 Å². The lowest BCUT2D eigenvalue weighted by molar-refractivity contribution is 0.0588. The number of aromatic nitrogens is 2. The van der Waals surface area contributed by atoms with E-state index in [1.54, 1.807) is 11.1 Å². The number of anilines is 1. The van der Waals surface area contributed by atoms with E-state index in [1.807, 2.05) is 26.0 Å². The SMILES string of the molecule is Cc1noc(C)c1-c1ccc(OC2CCN(C(=O)c3cc(F)ccc3N)CC2)nc1. The van der Waals surface area contributed by atoms with Crippen molar-refractivity contribution in [3.05, 3.63) is 59.4 Å². The average molecular weight is 410 g/mol. The van der Waals surface area contributed by atoms with Crippen LogP contribution in [0.1, 0.15) is 34.7 Å². The number of ether oxygens (including phenoxy) is 1. The molecule has 0 aliphatic carbocycles. The molecule has 1 fully saturated rings. The number of nitrogen functional groups attached to an aromatic ring is 1. The first-order valence-corrected chi connectivity index (χ1v) is 9.82. The molecule has 1 amide bonds. The molecule has 0 unspecified atom stereocenters. The predicted octanol–water partition coefficient (Wildman–Crippen LogP) is 3.76. The second-order valence-electron chi connectivity index (χ2n) is 7.43. The summed E-state index contributed by atoms with van der Waals surface area (Å²) in [6.07, 6.45) is 3.02. The van der Waals surface area contributed by atoms with E-state index in [4.69, 9.17) is 15.0 Å². The van der Waals surface area contributed by atoms with Crippen molar-refractivity contribution in [3.63, 3.8) is 0 Å². The van der Waals surface area contributed by atoms with Crippen LogP contribution in [0.4, 0.5) is 10.1 Å². The molecular formula is C22H23FN4O3. The summed E-state index contributed by atoms with van der Waals surface area (Å²) < 4.78 is 24.7. The van der Waals surface area contributed by atoms with Crippen LogP contribution >= 0.6 is 0 Å². The highest BCUT2D eigenvalue weighted by Gasteiger charge is 2.26. The lowest BCUT2D eigenvalue weighted by Crippen LogP contribution is -2.42. The molecule has 0 radical (unpaired) electrons. The van der Waals surface area contributed by atoms with Gasteiger partial charge in [-0.1, -0.05) is 5.16 Å². The first kappa shape index (κ1) is 19.9. The number of benzene rings is 1. The molecule has 30 heavy (non-hydrogen) atoms. The van der Waals surface area contributed by atoms with E-state index in [-0.39, 0.29) is 23.3 Å². The molecule has 2 aromatic heterocycles. The maximum absolute atomic E-state index is 13.5. The Kier molecular flexibility index (Phi) is 5.39. The van der Waals surface area contributed by atoms with Crippen molar-refractivity contribution < 1.29 is 18.4 Å². The molecule has 0 spiro atoms. The van der Waals surface area contributed by atoms with Crippen LogP contribution in [0, 0.1) is 19.7 Å².